The maximum absolute atomic E-state index is 12.8. The van der Waals surface area contributed by atoms with Crippen LogP contribution in [0.5, 0.6) is 11.5 Å². The van der Waals surface area contributed by atoms with E-state index in [1.807, 2.05) is 6.26 Å². The molecule has 26 heavy (non-hydrogen) atoms. The molecule has 0 saturated carbocycles. The largest absolute Gasteiger partial charge is 0.493 e. The average Bonchev–Trinajstić information content (AvgIpc) is 2.66. The van der Waals surface area contributed by atoms with Crippen molar-refractivity contribution in [1.82, 2.24) is 15.1 Å². The molecule has 8 nitrogen and oxygen atoms in total. The second kappa shape index (κ2) is 9.44. The van der Waals surface area contributed by atoms with Gasteiger partial charge in [0.2, 0.25) is 5.91 Å². The highest BCUT2D eigenvalue weighted by molar-refractivity contribution is 7.98. The van der Waals surface area contributed by atoms with E-state index >= 15 is 0 Å². The third-order valence-electron chi connectivity index (χ3n) is 3.91. The first-order valence-corrected chi connectivity index (χ1v) is 9.45. The number of nitrogens with zero attached hydrogens (tertiary/aromatic N) is 2. The molecule has 0 aliphatic rings. The van der Waals surface area contributed by atoms with E-state index in [2.05, 4.69) is 10.4 Å². The van der Waals surface area contributed by atoms with Crippen LogP contribution >= 0.6 is 11.8 Å². The first-order valence-electron chi connectivity index (χ1n) is 8.05. The Morgan fingerprint density at radius 2 is 2.15 bits per heavy atom. The highest BCUT2D eigenvalue weighted by Crippen LogP contribution is 2.32. The summed E-state index contributed by atoms with van der Waals surface area (Å²) in [6.07, 6.45) is 4.11. The van der Waals surface area contributed by atoms with Crippen LogP contribution in [0.1, 0.15) is 6.42 Å². The Morgan fingerprint density at radius 1 is 1.38 bits per heavy atom. The topological polar surface area (TPSA) is 103 Å². The molecule has 2 aromatic rings. The summed E-state index contributed by atoms with van der Waals surface area (Å²) in [5.74, 6) is 1.16. The van der Waals surface area contributed by atoms with E-state index in [4.69, 9.17) is 9.47 Å². The minimum absolute atomic E-state index is 0.155. The molecule has 1 aromatic carbocycles. The Balaban J connectivity index is 2.29. The molecule has 2 N–H and O–H groups in total. The third kappa shape index (κ3) is 4.47. The lowest BCUT2D eigenvalue weighted by Crippen LogP contribution is -2.41. The molecule has 1 atom stereocenters. The fourth-order valence-electron chi connectivity index (χ4n) is 2.57. The number of ether oxygens (including phenoxy) is 2. The summed E-state index contributed by atoms with van der Waals surface area (Å²) in [5.41, 5.74) is -0.446. The quantitative estimate of drug-likeness (QED) is 0.657. The van der Waals surface area contributed by atoms with Crippen molar-refractivity contribution in [3.05, 3.63) is 28.7 Å². The van der Waals surface area contributed by atoms with E-state index in [0.29, 0.717) is 28.7 Å². The van der Waals surface area contributed by atoms with Gasteiger partial charge in [0.1, 0.15) is 6.54 Å². The fourth-order valence-corrected chi connectivity index (χ4v) is 3.10. The molecule has 0 bridgehead atoms. The first-order chi connectivity index (χ1) is 12.5. The predicted octanol–water partition coefficient (Wildman–Crippen LogP) is 0.644. The zero-order chi connectivity index (χ0) is 19.1. The molecule has 0 aliphatic carbocycles. The van der Waals surface area contributed by atoms with Gasteiger partial charge in [0, 0.05) is 5.39 Å². The molecule has 1 heterocycles. The van der Waals surface area contributed by atoms with Crippen LogP contribution in [-0.2, 0) is 11.3 Å². The first kappa shape index (κ1) is 20.1. The molecular formula is C17H23N3O5S. The number of hydrogen-bond donors (Lipinski definition) is 2. The highest BCUT2D eigenvalue weighted by atomic mass is 32.2. The molecule has 0 saturated heterocycles. The SMILES string of the molecule is COc1ccc2cnn(CC(=O)N[C@H](CO)CCSC)c(=O)c2c1OC. The summed E-state index contributed by atoms with van der Waals surface area (Å²) in [7, 11) is 2.94. The van der Waals surface area contributed by atoms with Gasteiger partial charge in [0.15, 0.2) is 11.5 Å². The number of amides is 1. The van der Waals surface area contributed by atoms with Crippen molar-refractivity contribution in [3.63, 3.8) is 0 Å². The van der Waals surface area contributed by atoms with Crippen molar-refractivity contribution >= 4 is 28.4 Å². The van der Waals surface area contributed by atoms with Gasteiger partial charge in [-0.25, -0.2) is 4.68 Å². The number of methoxy groups -OCH3 is 2. The van der Waals surface area contributed by atoms with Crippen LogP contribution in [0.2, 0.25) is 0 Å². The number of carbonyl (C=O) groups is 1. The summed E-state index contributed by atoms with van der Waals surface area (Å²) in [6.45, 7) is -0.401. The van der Waals surface area contributed by atoms with Gasteiger partial charge in [-0.15, -0.1) is 0 Å². The fraction of sp³-hybridized carbons (Fsp3) is 0.471. The molecule has 0 spiro atoms. The molecule has 0 unspecified atom stereocenters. The number of nitrogens with one attached hydrogen (secondary N) is 1. The van der Waals surface area contributed by atoms with E-state index in [0.717, 1.165) is 10.4 Å². The number of aromatic nitrogens is 2. The second-order valence-corrected chi connectivity index (χ2v) is 6.59. The summed E-state index contributed by atoms with van der Waals surface area (Å²) in [6, 6.07) is 3.05. The Hall–Kier alpha value is -2.26. The van der Waals surface area contributed by atoms with Crippen molar-refractivity contribution in [1.29, 1.82) is 0 Å². The summed E-state index contributed by atoms with van der Waals surface area (Å²) < 4.78 is 11.6. The monoisotopic (exact) mass is 381 g/mol. The lowest BCUT2D eigenvalue weighted by molar-refractivity contribution is -0.122. The van der Waals surface area contributed by atoms with Crippen molar-refractivity contribution < 1.29 is 19.4 Å². The molecule has 2 rings (SSSR count). The molecular weight excluding hydrogens is 358 g/mol. The van der Waals surface area contributed by atoms with E-state index < -0.39 is 5.56 Å². The van der Waals surface area contributed by atoms with E-state index in [-0.39, 0.29) is 25.1 Å². The van der Waals surface area contributed by atoms with Gasteiger partial charge in [0.25, 0.3) is 5.56 Å². The van der Waals surface area contributed by atoms with Crippen LogP contribution in [-0.4, -0.2) is 59.7 Å². The van der Waals surface area contributed by atoms with Crippen molar-refractivity contribution in [2.45, 2.75) is 19.0 Å². The molecule has 1 aromatic heterocycles. The van der Waals surface area contributed by atoms with Gasteiger partial charge in [-0.2, -0.15) is 16.9 Å². The van der Waals surface area contributed by atoms with Gasteiger partial charge in [-0.05, 0) is 30.6 Å². The number of benzene rings is 1. The third-order valence-corrected chi connectivity index (χ3v) is 4.56. The van der Waals surface area contributed by atoms with E-state index in [9.17, 15) is 14.7 Å². The number of hydrogen-bond acceptors (Lipinski definition) is 7. The number of carbonyl (C=O) groups excluding carboxylic acids is 1. The Labute approximate surface area is 155 Å². The minimum Gasteiger partial charge on any atom is -0.493 e. The van der Waals surface area contributed by atoms with Gasteiger partial charge in [-0.1, -0.05) is 0 Å². The van der Waals surface area contributed by atoms with Crippen LogP contribution in [0.15, 0.2) is 23.1 Å². The number of rotatable bonds is 9. The Morgan fingerprint density at radius 3 is 2.77 bits per heavy atom. The minimum atomic E-state index is -0.446. The number of aliphatic hydroxyl groups is 1. The molecule has 9 heteroatoms. The van der Waals surface area contributed by atoms with Gasteiger partial charge in [-0.3, -0.25) is 9.59 Å². The Kier molecular flexibility index (Phi) is 7.28. The van der Waals surface area contributed by atoms with Gasteiger partial charge in [0.05, 0.1) is 38.5 Å². The van der Waals surface area contributed by atoms with E-state index in [1.165, 1.54) is 20.4 Å². The van der Waals surface area contributed by atoms with Gasteiger partial charge < -0.3 is 19.9 Å². The van der Waals surface area contributed by atoms with Crippen molar-refractivity contribution in [3.8, 4) is 11.5 Å². The molecule has 142 valence electrons. The van der Waals surface area contributed by atoms with Crippen molar-refractivity contribution in [2.24, 2.45) is 0 Å². The average molecular weight is 381 g/mol. The molecule has 0 radical (unpaired) electrons. The maximum atomic E-state index is 12.8. The van der Waals surface area contributed by atoms with Crippen LogP contribution in [0.4, 0.5) is 0 Å². The van der Waals surface area contributed by atoms with E-state index in [1.54, 1.807) is 23.9 Å². The van der Waals surface area contributed by atoms with Crippen LogP contribution in [0.3, 0.4) is 0 Å². The lowest BCUT2D eigenvalue weighted by Gasteiger charge is -2.16. The van der Waals surface area contributed by atoms with Crippen LogP contribution in [0.25, 0.3) is 10.8 Å². The van der Waals surface area contributed by atoms with Crippen LogP contribution in [0, 0.1) is 0 Å². The summed E-state index contributed by atoms with van der Waals surface area (Å²) in [4.78, 5) is 25.0. The van der Waals surface area contributed by atoms with Crippen molar-refractivity contribution in [2.75, 3.05) is 32.8 Å². The summed E-state index contributed by atoms with van der Waals surface area (Å²) >= 11 is 1.63. The Bertz CT molecular complexity index is 824. The summed E-state index contributed by atoms with van der Waals surface area (Å²) in [5, 5.41) is 17.0. The predicted molar refractivity (Wildman–Crippen MR) is 101 cm³/mol. The maximum Gasteiger partial charge on any atom is 0.279 e. The lowest BCUT2D eigenvalue weighted by atomic mass is 10.1. The van der Waals surface area contributed by atoms with Gasteiger partial charge >= 0.3 is 0 Å². The number of aliphatic hydroxyl groups excluding tert-OH is 1. The molecule has 0 aliphatic heterocycles. The second-order valence-electron chi connectivity index (χ2n) is 5.60. The zero-order valence-electron chi connectivity index (χ0n) is 15.0. The number of thioether (sulfide) groups is 1. The standard InChI is InChI=1S/C17H23N3O5S/c1-24-13-5-4-11-8-18-20(17(23)15(11)16(13)25-2)9-14(22)19-12(10-21)6-7-26-3/h4-5,8,12,21H,6-7,9-10H2,1-3H3,(H,19,22)/t12-/m0/s1. The molecule has 0 fully saturated rings. The number of fused-ring (bicyclic) bond motifs is 1. The normalized spacial score (nSPS) is 12.0. The van der Waals surface area contributed by atoms with Crippen LogP contribution < -0.4 is 20.3 Å². The zero-order valence-corrected chi connectivity index (χ0v) is 15.8. The molecule has 1 amide bonds. The highest BCUT2D eigenvalue weighted by Gasteiger charge is 2.17. The smallest absolute Gasteiger partial charge is 0.279 e.